The van der Waals surface area contributed by atoms with Crippen molar-refractivity contribution in [3.05, 3.63) is 11.4 Å². The number of nitrogens with zero attached hydrogens (tertiary/aromatic N) is 2. The fourth-order valence-corrected chi connectivity index (χ4v) is 1.51. The van der Waals surface area contributed by atoms with Crippen LogP contribution in [-0.4, -0.2) is 59.7 Å². The maximum Gasteiger partial charge on any atom is 0.305 e. The summed E-state index contributed by atoms with van der Waals surface area (Å²) in [6.45, 7) is 0.445. The molecule has 2 amide bonds. The van der Waals surface area contributed by atoms with Crippen LogP contribution in [0.2, 0.25) is 0 Å². The molecule has 0 radical (unpaired) electrons. The van der Waals surface area contributed by atoms with Gasteiger partial charge in [0, 0.05) is 20.2 Å². The fourth-order valence-electron chi connectivity index (χ4n) is 1.51. The molecule has 11 nitrogen and oxygen atoms in total. The maximum atomic E-state index is 11.9. The van der Waals surface area contributed by atoms with E-state index in [0.29, 0.717) is 6.61 Å². The molecule has 1 aromatic heterocycles. The van der Waals surface area contributed by atoms with Crippen LogP contribution in [0.1, 0.15) is 27.4 Å². The third-order valence-corrected chi connectivity index (χ3v) is 2.60. The van der Waals surface area contributed by atoms with Gasteiger partial charge in [0.05, 0.1) is 13.0 Å². The van der Waals surface area contributed by atoms with Crippen LogP contribution < -0.4 is 22.1 Å². The number of hydrogen-bond donors (Lipinski definition) is 5. The molecule has 1 heterocycles. The van der Waals surface area contributed by atoms with E-state index in [-0.39, 0.29) is 42.5 Å². The number of aromatic nitrogens is 2. The number of carbonyl (C=O) groups excluding carboxylic acids is 2. The van der Waals surface area contributed by atoms with E-state index in [1.165, 1.54) is 7.11 Å². The molecule has 0 aliphatic carbocycles. The summed E-state index contributed by atoms with van der Waals surface area (Å²) in [7, 11) is 1.48. The van der Waals surface area contributed by atoms with Crippen molar-refractivity contribution in [3.63, 3.8) is 0 Å². The standard InChI is InChI=1S/C12H18N6O5/c1-23-5-4-16-12(22)8-10(14)17-7(9(13)18-8)11(21)15-3-2-6(19)20/h2-5H2,1H3,(H2,13,18)(H2,14,17)(H,15,21)(H,16,22)(H,19,20). The molecular weight excluding hydrogens is 308 g/mol. The van der Waals surface area contributed by atoms with Crippen molar-refractivity contribution in [1.29, 1.82) is 0 Å². The Morgan fingerprint density at radius 3 is 1.96 bits per heavy atom. The Morgan fingerprint density at radius 2 is 1.52 bits per heavy atom. The van der Waals surface area contributed by atoms with Gasteiger partial charge in [0.1, 0.15) is 0 Å². The SMILES string of the molecule is COCCNC(=O)c1nc(N)c(C(=O)NCCC(=O)O)nc1N. The van der Waals surface area contributed by atoms with Crippen molar-refractivity contribution >= 4 is 29.4 Å². The molecule has 1 rings (SSSR count). The molecule has 0 fully saturated rings. The van der Waals surface area contributed by atoms with E-state index in [9.17, 15) is 14.4 Å². The molecular formula is C12H18N6O5. The predicted molar refractivity (Wildman–Crippen MR) is 79.7 cm³/mol. The first-order valence-electron chi connectivity index (χ1n) is 6.57. The summed E-state index contributed by atoms with van der Waals surface area (Å²) in [6.07, 6.45) is -0.255. The van der Waals surface area contributed by atoms with Crippen molar-refractivity contribution in [3.8, 4) is 0 Å². The van der Waals surface area contributed by atoms with E-state index in [2.05, 4.69) is 20.6 Å². The van der Waals surface area contributed by atoms with E-state index in [1.54, 1.807) is 0 Å². The van der Waals surface area contributed by atoms with Crippen molar-refractivity contribution in [2.24, 2.45) is 0 Å². The first-order chi connectivity index (χ1) is 10.9. The van der Waals surface area contributed by atoms with Crippen LogP contribution in [-0.2, 0) is 9.53 Å². The zero-order chi connectivity index (χ0) is 17.4. The fraction of sp³-hybridized carbons (Fsp3) is 0.417. The van der Waals surface area contributed by atoms with Crippen molar-refractivity contribution in [2.75, 3.05) is 38.3 Å². The monoisotopic (exact) mass is 326 g/mol. The van der Waals surface area contributed by atoms with Gasteiger partial charge < -0.3 is 31.9 Å². The average Bonchev–Trinajstić information content (AvgIpc) is 2.48. The summed E-state index contributed by atoms with van der Waals surface area (Å²) in [5.74, 6) is -2.95. The highest BCUT2D eigenvalue weighted by Crippen LogP contribution is 2.13. The smallest absolute Gasteiger partial charge is 0.305 e. The number of carboxylic acid groups (broad SMARTS) is 1. The second-order valence-corrected chi connectivity index (χ2v) is 4.34. The zero-order valence-corrected chi connectivity index (χ0v) is 12.5. The lowest BCUT2D eigenvalue weighted by Gasteiger charge is -2.10. The topological polar surface area (TPSA) is 183 Å². The molecule has 0 saturated heterocycles. The van der Waals surface area contributed by atoms with Crippen molar-refractivity contribution < 1.29 is 24.2 Å². The summed E-state index contributed by atoms with van der Waals surface area (Å²) in [4.78, 5) is 41.6. The van der Waals surface area contributed by atoms with E-state index >= 15 is 0 Å². The van der Waals surface area contributed by atoms with E-state index < -0.39 is 17.8 Å². The quantitative estimate of drug-likeness (QED) is 0.345. The molecule has 11 heteroatoms. The van der Waals surface area contributed by atoms with Crippen LogP contribution in [0.3, 0.4) is 0 Å². The molecule has 126 valence electrons. The Hall–Kier alpha value is -2.95. The van der Waals surface area contributed by atoms with Gasteiger partial charge in [-0.05, 0) is 0 Å². The van der Waals surface area contributed by atoms with Crippen LogP contribution in [0.4, 0.5) is 11.6 Å². The van der Waals surface area contributed by atoms with Crippen LogP contribution in [0, 0.1) is 0 Å². The van der Waals surface area contributed by atoms with Gasteiger partial charge in [-0.15, -0.1) is 0 Å². The molecule has 0 spiro atoms. The lowest BCUT2D eigenvalue weighted by atomic mass is 10.3. The number of carboxylic acids is 1. The molecule has 0 bridgehead atoms. The number of methoxy groups -OCH3 is 1. The molecule has 1 aromatic rings. The number of nitrogens with one attached hydrogen (secondary N) is 2. The Balaban J connectivity index is 2.81. The zero-order valence-electron chi connectivity index (χ0n) is 12.5. The molecule has 0 atom stereocenters. The normalized spacial score (nSPS) is 10.1. The van der Waals surface area contributed by atoms with E-state index in [0.717, 1.165) is 0 Å². The first-order valence-corrected chi connectivity index (χ1v) is 6.57. The van der Waals surface area contributed by atoms with Crippen LogP contribution in [0.25, 0.3) is 0 Å². The molecule has 0 aliphatic rings. The molecule has 0 saturated carbocycles. The van der Waals surface area contributed by atoms with Gasteiger partial charge in [0.25, 0.3) is 11.8 Å². The lowest BCUT2D eigenvalue weighted by Crippen LogP contribution is -2.31. The number of ether oxygens (including phenoxy) is 1. The highest BCUT2D eigenvalue weighted by atomic mass is 16.5. The van der Waals surface area contributed by atoms with E-state index in [4.69, 9.17) is 21.3 Å². The summed E-state index contributed by atoms with van der Waals surface area (Å²) >= 11 is 0. The number of amides is 2. The third-order valence-electron chi connectivity index (χ3n) is 2.60. The highest BCUT2D eigenvalue weighted by Gasteiger charge is 2.20. The molecule has 23 heavy (non-hydrogen) atoms. The molecule has 0 aromatic carbocycles. The summed E-state index contributed by atoms with van der Waals surface area (Å²) in [6, 6.07) is 0. The minimum atomic E-state index is -1.06. The summed E-state index contributed by atoms with van der Waals surface area (Å²) in [5, 5.41) is 13.3. The number of hydrogen-bond acceptors (Lipinski definition) is 8. The molecule has 0 aliphatic heterocycles. The predicted octanol–water partition coefficient (Wildman–Crippen LogP) is -1.78. The Labute approximate surface area is 131 Å². The minimum absolute atomic E-state index is 0.103. The Bertz CT molecular complexity index is 606. The second kappa shape index (κ2) is 8.48. The van der Waals surface area contributed by atoms with Crippen molar-refractivity contribution in [2.45, 2.75) is 6.42 Å². The maximum absolute atomic E-state index is 11.9. The van der Waals surface area contributed by atoms with Crippen molar-refractivity contribution in [1.82, 2.24) is 20.6 Å². The molecule has 7 N–H and O–H groups in total. The van der Waals surface area contributed by atoms with Gasteiger partial charge in [-0.1, -0.05) is 0 Å². The summed E-state index contributed by atoms with van der Waals surface area (Å²) in [5.41, 5.74) is 10.7. The number of nitrogens with two attached hydrogens (primary N) is 2. The third kappa shape index (κ3) is 5.39. The average molecular weight is 326 g/mol. The number of carbonyl (C=O) groups is 3. The molecule has 0 unspecified atom stereocenters. The van der Waals surface area contributed by atoms with Gasteiger partial charge >= 0.3 is 5.97 Å². The van der Waals surface area contributed by atoms with Crippen LogP contribution in [0.15, 0.2) is 0 Å². The number of nitrogen functional groups attached to an aromatic ring is 2. The van der Waals surface area contributed by atoms with Crippen LogP contribution >= 0.6 is 0 Å². The number of aliphatic carboxylic acids is 1. The van der Waals surface area contributed by atoms with Gasteiger partial charge in [0.15, 0.2) is 23.0 Å². The van der Waals surface area contributed by atoms with Gasteiger partial charge in [-0.3, -0.25) is 14.4 Å². The van der Waals surface area contributed by atoms with E-state index in [1.807, 2.05) is 0 Å². The number of rotatable bonds is 8. The number of anilines is 2. The van der Waals surface area contributed by atoms with Crippen LogP contribution in [0.5, 0.6) is 0 Å². The Kier molecular flexibility index (Phi) is 6.68. The summed E-state index contributed by atoms with van der Waals surface area (Å²) < 4.78 is 4.79. The minimum Gasteiger partial charge on any atom is -0.481 e. The Morgan fingerprint density at radius 1 is 1.04 bits per heavy atom. The first kappa shape index (κ1) is 18.1. The van der Waals surface area contributed by atoms with Gasteiger partial charge in [-0.25, -0.2) is 9.97 Å². The van der Waals surface area contributed by atoms with Gasteiger partial charge in [0.2, 0.25) is 0 Å². The largest absolute Gasteiger partial charge is 0.481 e. The highest BCUT2D eigenvalue weighted by molar-refractivity contribution is 6.00. The lowest BCUT2D eigenvalue weighted by molar-refractivity contribution is -0.136. The second-order valence-electron chi connectivity index (χ2n) is 4.34. The van der Waals surface area contributed by atoms with Gasteiger partial charge in [-0.2, -0.15) is 0 Å².